The molecule has 0 atom stereocenters. The van der Waals surface area contributed by atoms with E-state index in [4.69, 9.17) is 0 Å². The smallest absolute Gasteiger partial charge is 0.294 e. The summed E-state index contributed by atoms with van der Waals surface area (Å²) in [6.45, 7) is 2.28. The van der Waals surface area contributed by atoms with Crippen molar-refractivity contribution in [3.63, 3.8) is 0 Å². The molecular formula is C18H19N3O5S. The van der Waals surface area contributed by atoms with Gasteiger partial charge < -0.3 is 5.32 Å². The highest BCUT2D eigenvalue weighted by Crippen LogP contribution is 2.32. The van der Waals surface area contributed by atoms with Gasteiger partial charge in [0.25, 0.3) is 5.69 Å². The van der Waals surface area contributed by atoms with Crippen molar-refractivity contribution in [2.45, 2.75) is 24.7 Å². The Morgan fingerprint density at radius 2 is 1.85 bits per heavy atom. The number of hydrogen-bond acceptors (Lipinski definition) is 6. The number of nitrogens with one attached hydrogen (secondary N) is 1. The predicted molar refractivity (Wildman–Crippen MR) is 101 cm³/mol. The van der Waals surface area contributed by atoms with Crippen LogP contribution in [0.2, 0.25) is 0 Å². The zero-order valence-corrected chi connectivity index (χ0v) is 15.5. The quantitative estimate of drug-likeness (QED) is 0.461. The third-order valence-corrected chi connectivity index (χ3v) is 6.31. The Morgan fingerprint density at radius 3 is 2.48 bits per heavy atom. The van der Waals surface area contributed by atoms with Crippen molar-refractivity contribution in [3.8, 4) is 0 Å². The zero-order valence-electron chi connectivity index (χ0n) is 14.7. The summed E-state index contributed by atoms with van der Waals surface area (Å²) in [6, 6.07) is 10.4. The summed E-state index contributed by atoms with van der Waals surface area (Å²) in [6.07, 6.45) is 1.57. The maximum Gasteiger partial charge on any atom is 0.294 e. The second kappa shape index (κ2) is 7.45. The molecule has 0 aliphatic carbocycles. The van der Waals surface area contributed by atoms with E-state index in [2.05, 4.69) is 5.32 Å². The summed E-state index contributed by atoms with van der Waals surface area (Å²) in [5.41, 5.74) is 0.779. The lowest BCUT2D eigenvalue weighted by Gasteiger charge is -2.16. The topological polar surface area (TPSA) is 110 Å². The van der Waals surface area contributed by atoms with Crippen molar-refractivity contribution in [2.24, 2.45) is 0 Å². The minimum Gasteiger partial charge on any atom is -0.350 e. The second-order valence-corrected chi connectivity index (χ2v) is 8.25. The number of nitro groups is 1. The number of hydrogen-bond donors (Lipinski definition) is 1. The van der Waals surface area contributed by atoms with Gasteiger partial charge in [-0.2, -0.15) is 4.31 Å². The molecule has 0 saturated carbocycles. The first-order valence-electron chi connectivity index (χ1n) is 8.45. The van der Waals surface area contributed by atoms with E-state index < -0.39 is 14.9 Å². The Morgan fingerprint density at radius 1 is 1.15 bits per heavy atom. The highest BCUT2D eigenvalue weighted by atomic mass is 32.2. The largest absolute Gasteiger partial charge is 0.350 e. The molecule has 1 heterocycles. The molecule has 142 valence electrons. The normalized spacial score (nSPS) is 14.9. The number of Topliss-reactive ketones (excluding diaryl/α,β-unsaturated/α-hetero) is 1. The number of sulfonamides is 1. The van der Waals surface area contributed by atoms with E-state index in [9.17, 15) is 23.3 Å². The van der Waals surface area contributed by atoms with Crippen LogP contribution in [0.1, 0.15) is 30.1 Å². The molecular weight excluding hydrogens is 370 g/mol. The van der Waals surface area contributed by atoms with E-state index in [1.54, 1.807) is 24.3 Å². The number of rotatable bonds is 6. The van der Waals surface area contributed by atoms with Crippen LogP contribution < -0.4 is 5.32 Å². The van der Waals surface area contributed by atoms with Crippen molar-refractivity contribution in [3.05, 3.63) is 58.1 Å². The summed E-state index contributed by atoms with van der Waals surface area (Å²) in [4.78, 5) is 22.3. The molecule has 0 amide bonds. The molecule has 3 rings (SSSR count). The van der Waals surface area contributed by atoms with Crippen LogP contribution in [-0.4, -0.2) is 36.5 Å². The van der Waals surface area contributed by atoms with Gasteiger partial charge in [0, 0.05) is 30.4 Å². The standard InChI is InChI=1S/C18H19N3O5S/c1-13(22)14-5-4-6-15(11-14)19-17-8-7-16(12-18(17)21(23)24)27(25,26)20-9-2-3-10-20/h4-8,11-12,19H,2-3,9-10H2,1H3. The van der Waals surface area contributed by atoms with Crippen LogP contribution in [0.25, 0.3) is 0 Å². The predicted octanol–water partition coefficient (Wildman–Crippen LogP) is 3.33. The van der Waals surface area contributed by atoms with Gasteiger partial charge in [-0.15, -0.1) is 0 Å². The first-order chi connectivity index (χ1) is 12.8. The average molecular weight is 389 g/mol. The van der Waals surface area contributed by atoms with Crippen LogP contribution in [-0.2, 0) is 10.0 Å². The summed E-state index contributed by atoms with van der Waals surface area (Å²) >= 11 is 0. The van der Waals surface area contributed by atoms with Crippen molar-refractivity contribution in [2.75, 3.05) is 18.4 Å². The number of carbonyl (C=O) groups excluding carboxylic acids is 1. The molecule has 9 heteroatoms. The first kappa shape index (κ1) is 19.0. The third kappa shape index (κ3) is 3.99. The van der Waals surface area contributed by atoms with E-state index in [-0.39, 0.29) is 22.1 Å². The van der Waals surface area contributed by atoms with E-state index in [1.165, 1.54) is 23.4 Å². The zero-order chi connectivity index (χ0) is 19.6. The number of nitrogens with zero attached hydrogens (tertiary/aromatic N) is 2. The van der Waals surface area contributed by atoms with Crippen LogP contribution in [0, 0.1) is 10.1 Å². The van der Waals surface area contributed by atoms with Gasteiger partial charge in [-0.25, -0.2) is 8.42 Å². The van der Waals surface area contributed by atoms with E-state index in [0.29, 0.717) is 24.3 Å². The van der Waals surface area contributed by atoms with Gasteiger partial charge in [0.2, 0.25) is 10.0 Å². The van der Waals surface area contributed by atoms with Gasteiger partial charge >= 0.3 is 0 Å². The molecule has 1 aliphatic heterocycles. The number of ketones is 1. The van der Waals surface area contributed by atoms with Gasteiger partial charge in [-0.1, -0.05) is 12.1 Å². The maximum absolute atomic E-state index is 12.6. The van der Waals surface area contributed by atoms with Crippen molar-refractivity contribution < 1.29 is 18.1 Å². The molecule has 0 radical (unpaired) electrons. The Hall–Kier alpha value is -2.78. The maximum atomic E-state index is 12.6. The highest BCUT2D eigenvalue weighted by molar-refractivity contribution is 7.89. The van der Waals surface area contributed by atoms with Crippen molar-refractivity contribution in [1.29, 1.82) is 0 Å². The molecule has 2 aromatic rings. The van der Waals surface area contributed by atoms with Gasteiger partial charge in [0.15, 0.2) is 5.78 Å². The fourth-order valence-corrected chi connectivity index (χ4v) is 4.52. The summed E-state index contributed by atoms with van der Waals surface area (Å²) < 4.78 is 26.6. The molecule has 1 aliphatic rings. The van der Waals surface area contributed by atoms with Crippen LogP contribution in [0.15, 0.2) is 47.4 Å². The van der Waals surface area contributed by atoms with Gasteiger partial charge in [0.05, 0.1) is 9.82 Å². The fourth-order valence-electron chi connectivity index (χ4n) is 2.98. The molecule has 0 aromatic heterocycles. The minimum atomic E-state index is -3.75. The Bertz CT molecular complexity index is 998. The number of benzene rings is 2. The number of carbonyl (C=O) groups is 1. The Labute approximate surface area is 157 Å². The summed E-state index contributed by atoms with van der Waals surface area (Å²) in [7, 11) is -3.75. The van der Waals surface area contributed by atoms with E-state index >= 15 is 0 Å². The minimum absolute atomic E-state index is 0.0980. The molecule has 1 fully saturated rings. The summed E-state index contributed by atoms with van der Waals surface area (Å²) in [5, 5.41) is 14.4. The number of anilines is 2. The van der Waals surface area contributed by atoms with Crippen LogP contribution in [0.5, 0.6) is 0 Å². The number of nitro benzene ring substituents is 1. The monoisotopic (exact) mass is 389 g/mol. The lowest BCUT2D eigenvalue weighted by atomic mass is 10.1. The van der Waals surface area contributed by atoms with Crippen LogP contribution in [0.4, 0.5) is 17.1 Å². The van der Waals surface area contributed by atoms with Crippen LogP contribution >= 0.6 is 0 Å². The fraction of sp³-hybridized carbons (Fsp3) is 0.278. The first-order valence-corrected chi connectivity index (χ1v) is 9.89. The molecule has 1 N–H and O–H groups in total. The van der Waals surface area contributed by atoms with Crippen LogP contribution in [0.3, 0.4) is 0 Å². The molecule has 8 nitrogen and oxygen atoms in total. The van der Waals surface area contributed by atoms with Gasteiger partial charge in [-0.3, -0.25) is 14.9 Å². The van der Waals surface area contributed by atoms with Crippen molar-refractivity contribution >= 4 is 32.9 Å². The molecule has 1 saturated heterocycles. The lowest BCUT2D eigenvalue weighted by molar-refractivity contribution is -0.384. The van der Waals surface area contributed by atoms with E-state index in [1.807, 2.05) is 0 Å². The summed E-state index contributed by atoms with van der Waals surface area (Å²) in [5.74, 6) is -0.125. The Kier molecular flexibility index (Phi) is 5.24. The SMILES string of the molecule is CC(=O)c1cccc(Nc2ccc(S(=O)(=O)N3CCCC3)cc2[N+](=O)[O-])c1. The van der Waals surface area contributed by atoms with Gasteiger partial charge in [-0.05, 0) is 44.0 Å². The molecule has 0 unspecified atom stereocenters. The van der Waals surface area contributed by atoms with Crippen molar-refractivity contribution in [1.82, 2.24) is 4.31 Å². The van der Waals surface area contributed by atoms with E-state index in [0.717, 1.165) is 18.9 Å². The Balaban J connectivity index is 1.96. The molecule has 27 heavy (non-hydrogen) atoms. The highest BCUT2D eigenvalue weighted by Gasteiger charge is 2.29. The third-order valence-electron chi connectivity index (χ3n) is 4.42. The van der Waals surface area contributed by atoms with Gasteiger partial charge in [0.1, 0.15) is 5.69 Å². The average Bonchev–Trinajstić information content (AvgIpc) is 3.17. The molecule has 0 spiro atoms. The lowest BCUT2D eigenvalue weighted by Crippen LogP contribution is -2.27. The molecule has 2 aromatic carbocycles. The molecule has 0 bridgehead atoms. The second-order valence-electron chi connectivity index (χ2n) is 6.31.